The van der Waals surface area contributed by atoms with Gasteiger partial charge in [0.15, 0.2) is 0 Å². The number of halogens is 1. The van der Waals surface area contributed by atoms with Crippen LogP contribution in [0.2, 0.25) is 0 Å². The summed E-state index contributed by atoms with van der Waals surface area (Å²) in [6, 6.07) is 11.2. The van der Waals surface area contributed by atoms with Gasteiger partial charge >= 0.3 is 0 Å². The predicted octanol–water partition coefficient (Wildman–Crippen LogP) is 5.67. The summed E-state index contributed by atoms with van der Waals surface area (Å²) in [7, 11) is 0. The number of hydrogen-bond acceptors (Lipinski definition) is 3. The van der Waals surface area contributed by atoms with Gasteiger partial charge in [-0.05, 0) is 62.9 Å². The normalized spacial score (nSPS) is 13.3. The zero-order valence-electron chi connectivity index (χ0n) is 15.5. The number of rotatable bonds is 4. The van der Waals surface area contributed by atoms with Gasteiger partial charge in [-0.2, -0.15) is 0 Å². The predicted molar refractivity (Wildman–Crippen MR) is 109 cm³/mol. The summed E-state index contributed by atoms with van der Waals surface area (Å²) in [5, 5.41) is 0. The maximum absolute atomic E-state index is 13.8. The molecule has 1 aromatic heterocycles. The van der Waals surface area contributed by atoms with E-state index in [9.17, 15) is 4.39 Å². The molecule has 0 N–H and O–H groups in total. The highest BCUT2D eigenvalue weighted by molar-refractivity contribution is 5.84. The number of aromatic nitrogens is 2. The summed E-state index contributed by atoms with van der Waals surface area (Å²) >= 11 is 0. The van der Waals surface area contributed by atoms with Crippen LogP contribution in [0.25, 0.3) is 22.5 Å². The van der Waals surface area contributed by atoms with E-state index >= 15 is 0 Å². The molecular formula is C22H21FN4. The van der Waals surface area contributed by atoms with E-state index in [4.69, 9.17) is 4.98 Å². The van der Waals surface area contributed by atoms with Gasteiger partial charge in [-0.3, -0.25) is 9.98 Å². The van der Waals surface area contributed by atoms with Crippen molar-refractivity contribution in [2.45, 2.75) is 33.2 Å². The molecule has 3 aromatic rings. The third kappa shape index (κ3) is 2.99. The Bertz CT molecular complexity index is 1060. The molecule has 0 aliphatic carbocycles. The number of hydrogen-bond donors (Lipinski definition) is 0. The quantitative estimate of drug-likeness (QED) is 0.553. The standard InChI is InChI=1S/C22H21FN4/c1-4-25-19-13-16(8-10-18(19)24-3)22-21(26-20-6-5-11-27(20)22)15-7-9-17(23)14(2)12-15/h4,7-10,12-13H,3,5-6,11H2,1-2H3. The summed E-state index contributed by atoms with van der Waals surface area (Å²) in [5.74, 6) is 0.876. The maximum atomic E-state index is 13.8. The molecule has 0 saturated heterocycles. The molecule has 0 fully saturated rings. The zero-order chi connectivity index (χ0) is 19.0. The zero-order valence-corrected chi connectivity index (χ0v) is 15.5. The molecule has 0 saturated carbocycles. The van der Waals surface area contributed by atoms with E-state index in [2.05, 4.69) is 21.3 Å². The average Bonchev–Trinajstić information content (AvgIpc) is 3.25. The molecule has 1 aliphatic heterocycles. The Hall–Kier alpha value is -3.08. The second kappa shape index (κ2) is 6.91. The van der Waals surface area contributed by atoms with E-state index in [1.807, 2.05) is 31.2 Å². The SMILES string of the molecule is C=Nc1ccc(-c2c(-c3ccc(F)c(C)c3)nc3n2CCC3)cc1N=CC. The van der Waals surface area contributed by atoms with Crippen LogP contribution in [-0.4, -0.2) is 22.5 Å². The van der Waals surface area contributed by atoms with E-state index in [-0.39, 0.29) is 5.82 Å². The molecule has 136 valence electrons. The molecular weight excluding hydrogens is 339 g/mol. The van der Waals surface area contributed by atoms with Crippen molar-refractivity contribution in [1.82, 2.24) is 9.55 Å². The van der Waals surface area contributed by atoms with E-state index in [0.717, 1.165) is 59.1 Å². The lowest BCUT2D eigenvalue weighted by Gasteiger charge is -2.11. The average molecular weight is 360 g/mol. The number of fused-ring (bicyclic) bond motifs is 1. The summed E-state index contributed by atoms with van der Waals surface area (Å²) in [4.78, 5) is 13.4. The first-order valence-electron chi connectivity index (χ1n) is 9.08. The van der Waals surface area contributed by atoms with E-state index in [1.165, 1.54) is 6.07 Å². The van der Waals surface area contributed by atoms with Gasteiger partial charge in [0.05, 0.1) is 22.8 Å². The second-order valence-electron chi connectivity index (χ2n) is 6.69. The number of nitrogens with zero attached hydrogens (tertiary/aromatic N) is 4. The Morgan fingerprint density at radius 1 is 1.15 bits per heavy atom. The van der Waals surface area contributed by atoms with Crippen molar-refractivity contribution < 1.29 is 4.39 Å². The minimum Gasteiger partial charge on any atom is -0.327 e. The van der Waals surface area contributed by atoms with Crippen molar-refractivity contribution in [3.05, 3.63) is 53.6 Å². The highest BCUT2D eigenvalue weighted by Crippen LogP contribution is 2.39. The highest BCUT2D eigenvalue weighted by atomic mass is 19.1. The molecule has 0 bridgehead atoms. The largest absolute Gasteiger partial charge is 0.327 e. The van der Waals surface area contributed by atoms with Gasteiger partial charge in [0, 0.05) is 30.3 Å². The van der Waals surface area contributed by atoms with Crippen molar-refractivity contribution in [3.63, 3.8) is 0 Å². The first kappa shape index (κ1) is 17.3. The van der Waals surface area contributed by atoms with Gasteiger partial charge in [-0.25, -0.2) is 9.37 Å². The van der Waals surface area contributed by atoms with Crippen LogP contribution < -0.4 is 0 Å². The Labute approximate surface area is 158 Å². The van der Waals surface area contributed by atoms with Crippen LogP contribution in [0.5, 0.6) is 0 Å². The molecule has 5 heteroatoms. The molecule has 0 spiro atoms. The Morgan fingerprint density at radius 2 is 1.96 bits per heavy atom. The van der Waals surface area contributed by atoms with Gasteiger partial charge in [0.25, 0.3) is 0 Å². The monoisotopic (exact) mass is 360 g/mol. The van der Waals surface area contributed by atoms with Crippen molar-refractivity contribution in [3.8, 4) is 22.5 Å². The van der Waals surface area contributed by atoms with Crippen LogP contribution in [0, 0.1) is 12.7 Å². The van der Waals surface area contributed by atoms with Crippen LogP contribution in [0.1, 0.15) is 24.7 Å². The van der Waals surface area contributed by atoms with E-state index in [0.29, 0.717) is 5.56 Å². The van der Waals surface area contributed by atoms with Crippen LogP contribution in [0.15, 0.2) is 46.4 Å². The lowest BCUT2D eigenvalue weighted by Crippen LogP contribution is -1.96. The van der Waals surface area contributed by atoms with Crippen molar-refractivity contribution in [2.75, 3.05) is 0 Å². The fourth-order valence-corrected chi connectivity index (χ4v) is 3.66. The Balaban J connectivity index is 1.94. The second-order valence-corrected chi connectivity index (χ2v) is 6.69. The van der Waals surface area contributed by atoms with Crippen molar-refractivity contribution >= 4 is 24.3 Å². The van der Waals surface area contributed by atoms with Crippen LogP contribution >= 0.6 is 0 Å². The lowest BCUT2D eigenvalue weighted by atomic mass is 10.0. The number of imidazole rings is 1. The molecule has 4 nitrogen and oxygen atoms in total. The molecule has 27 heavy (non-hydrogen) atoms. The molecule has 4 rings (SSSR count). The smallest absolute Gasteiger partial charge is 0.126 e. The molecule has 0 amide bonds. The minimum absolute atomic E-state index is 0.201. The van der Waals surface area contributed by atoms with Crippen molar-refractivity contribution in [2.24, 2.45) is 9.98 Å². The molecule has 1 aliphatic rings. The number of aryl methyl sites for hydroxylation is 2. The minimum atomic E-state index is -0.201. The lowest BCUT2D eigenvalue weighted by molar-refractivity contribution is 0.619. The molecule has 2 aromatic carbocycles. The summed E-state index contributed by atoms with van der Waals surface area (Å²) in [5.41, 5.74) is 6.04. The van der Waals surface area contributed by atoms with Gasteiger partial charge in [0.2, 0.25) is 0 Å². The number of aliphatic imine (C=N–C) groups is 2. The Morgan fingerprint density at radius 3 is 2.70 bits per heavy atom. The molecule has 0 unspecified atom stereocenters. The number of benzene rings is 2. The first-order valence-corrected chi connectivity index (χ1v) is 9.08. The molecule has 2 heterocycles. The van der Waals surface area contributed by atoms with Crippen LogP contribution in [0.3, 0.4) is 0 Å². The van der Waals surface area contributed by atoms with Crippen molar-refractivity contribution in [1.29, 1.82) is 0 Å². The van der Waals surface area contributed by atoms with Gasteiger partial charge in [-0.15, -0.1) is 0 Å². The summed E-state index contributed by atoms with van der Waals surface area (Å²) in [6.07, 6.45) is 3.79. The summed E-state index contributed by atoms with van der Waals surface area (Å²) < 4.78 is 16.0. The third-order valence-corrected chi connectivity index (χ3v) is 4.95. The maximum Gasteiger partial charge on any atom is 0.126 e. The Kier molecular flexibility index (Phi) is 4.44. The first-order chi connectivity index (χ1) is 13.1. The van der Waals surface area contributed by atoms with Gasteiger partial charge in [-0.1, -0.05) is 6.07 Å². The van der Waals surface area contributed by atoms with Crippen LogP contribution in [0.4, 0.5) is 15.8 Å². The third-order valence-electron chi connectivity index (χ3n) is 4.95. The topological polar surface area (TPSA) is 42.5 Å². The fraction of sp³-hybridized carbons (Fsp3) is 0.227. The highest BCUT2D eigenvalue weighted by Gasteiger charge is 2.24. The summed E-state index contributed by atoms with van der Waals surface area (Å²) in [6.45, 7) is 8.22. The van der Waals surface area contributed by atoms with Gasteiger partial charge < -0.3 is 4.57 Å². The molecule has 0 atom stereocenters. The molecule has 0 radical (unpaired) electrons. The van der Waals surface area contributed by atoms with E-state index < -0.39 is 0 Å². The van der Waals surface area contributed by atoms with E-state index in [1.54, 1.807) is 19.2 Å². The van der Waals surface area contributed by atoms with Gasteiger partial charge in [0.1, 0.15) is 11.6 Å². The fourth-order valence-electron chi connectivity index (χ4n) is 3.66. The van der Waals surface area contributed by atoms with Crippen LogP contribution in [-0.2, 0) is 13.0 Å².